The molecule has 1 fully saturated rings. The maximum absolute atomic E-state index is 11.0. The van der Waals surface area contributed by atoms with E-state index in [1.54, 1.807) is 0 Å². The number of aryl methyl sites for hydroxylation is 1. The van der Waals surface area contributed by atoms with E-state index in [9.17, 15) is 4.79 Å². The Labute approximate surface area is 174 Å². The van der Waals surface area contributed by atoms with Crippen molar-refractivity contribution in [2.45, 2.75) is 18.9 Å². The highest BCUT2D eigenvalue weighted by molar-refractivity contribution is 6.11. The Hall–Kier alpha value is -3.58. The molecule has 4 nitrogen and oxygen atoms in total. The third-order valence-electron chi connectivity index (χ3n) is 6.48. The van der Waals surface area contributed by atoms with Gasteiger partial charge in [0.05, 0.1) is 22.9 Å². The summed E-state index contributed by atoms with van der Waals surface area (Å²) >= 11 is 0. The van der Waals surface area contributed by atoms with Crippen LogP contribution in [0.5, 0.6) is 5.75 Å². The third kappa shape index (κ3) is 2.29. The minimum absolute atomic E-state index is 0.0714. The van der Waals surface area contributed by atoms with Crippen LogP contribution in [0.1, 0.15) is 24.6 Å². The largest absolute Gasteiger partial charge is 0.481 e. The number of ether oxygens (including phenoxy) is 1. The van der Waals surface area contributed by atoms with Gasteiger partial charge in [-0.15, -0.1) is 0 Å². The van der Waals surface area contributed by atoms with Gasteiger partial charge in [-0.25, -0.2) is 0 Å². The number of benzene rings is 2. The number of rotatable bonds is 1. The van der Waals surface area contributed by atoms with Gasteiger partial charge in [0.25, 0.3) is 0 Å². The first-order valence-corrected chi connectivity index (χ1v) is 10.3. The van der Waals surface area contributed by atoms with Crippen LogP contribution >= 0.6 is 0 Å². The van der Waals surface area contributed by atoms with E-state index in [4.69, 9.17) is 4.74 Å². The quantitative estimate of drug-likeness (QED) is 0.391. The highest BCUT2D eigenvalue weighted by Crippen LogP contribution is 2.61. The molecule has 0 bridgehead atoms. The van der Waals surface area contributed by atoms with Crippen LogP contribution in [0.3, 0.4) is 0 Å². The number of hydrogen-bond donors (Lipinski definition) is 1. The van der Waals surface area contributed by atoms with E-state index in [1.165, 1.54) is 34.5 Å². The Morgan fingerprint density at radius 1 is 1.30 bits per heavy atom. The van der Waals surface area contributed by atoms with E-state index in [2.05, 4.69) is 83.4 Å². The van der Waals surface area contributed by atoms with Gasteiger partial charge >= 0.3 is 0 Å². The Morgan fingerprint density at radius 3 is 3.07 bits per heavy atom. The first-order valence-electron chi connectivity index (χ1n) is 10.3. The van der Waals surface area contributed by atoms with Crippen LogP contribution in [0.25, 0.3) is 27.2 Å². The molecule has 3 aliphatic rings. The van der Waals surface area contributed by atoms with E-state index >= 15 is 0 Å². The molecule has 4 heteroatoms. The molecule has 146 valence electrons. The van der Waals surface area contributed by atoms with Gasteiger partial charge in [-0.1, -0.05) is 36.1 Å². The number of allylic oxidation sites excluding steroid dienone is 2. The fraction of sp³-hybridized carbons (Fsp3) is 0.231. The minimum Gasteiger partial charge on any atom is -0.481 e. The Balaban J connectivity index is 1.58. The highest BCUT2D eigenvalue weighted by atomic mass is 16.5. The van der Waals surface area contributed by atoms with Crippen molar-refractivity contribution in [1.82, 2.24) is 5.32 Å². The number of nitrogens with one attached hydrogen (secondary N) is 1. The molecular weight excluding hydrogens is 372 g/mol. The van der Waals surface area contributed by atoms with Crippen LogP contribution in [-0.2, 0) is 11.8 Å². The minimum atomic E-state index is -0.184. The molecule has 0 saturated heterocycles. The Morgan fingerprint density at radius 2 is 2.20 bits per heavy atom. The lowest BCUT2D eigenvalue weighted by atomic mass is 9.89. The van der Waals surface area contributed by atoms with Crippen molar-refractivity contribution in [3.63, 3.8) is 0 Å². The third-order valence-corrected chi connectivity index (χ3v) is 6.48. The summed E-state index contributed by atoms with van der Waals surface area (Å²) in [6.45, 7) is 1.85. The zero-order chi connectivity index (χ0) is 20.5. The summed E-state index contributed by atoms with van der Waals surface area (Å²) in [5, 5.41) is 6.23. The van der Waals surface area contributed by atoms with Crippen LogP contribution < -0.4 is 14.6 Å². The number of carbonyl (C=O) groups excluding carboxylic acids is 1. The van der Waals surface area contributed by atoms with Crippen LogP contribution in [0.15, 0.2) is 54.6 Å². The van der Waals surface area contributed by atoms with E-state index in [1.807, 2.05) is 0 Å². The molecular formula is C26H21N2O2+. The van der Waals surface area contributed by atoms with Gasteiger partial charge in [0, 0.05) is 36.3 Å². The maximum Gasteiger partial charge on any atom is 0.224 e. The second kappa shape index (κ2) is 5.96. The predicted molar refractivity (Wildman–Crippen MR) is 117 cm³/mol. The van der Waals surface area contributed by atoms with Crippen molar-refractivity contribution in [3.05, 3.63) is 65.9 Å². The van der Waals surface area contributed by atoms with Gasteiger partial charge in [-0.05, 0) is 24.3 Å². The molecule has 1 spiro atoms. The summed E-state index contributed by atoms with van der Waals surface area (Å²) in [4.78, 5) is 11.0. The first kappa shape index (κ1) is 17.3. The number of amides is 1. The van der Waals surface area contributed by atoms with Gasteiger partial charge in [-0.2, -0.15) is 4.57 Å². The van der Waals surface area contributed by atoms with Crippen molar-refractivity contribution < 1.29 is 14.1 Å². The number of carbonyl (C=O) groups is 1. The molecule has 2 unspecified atom stereocenters. The highest BCUT2D eigenvalue weighted by Gasteiger charge is 2.63. The lowest BCUT2D eigenvalue weighted by Gasteiger charge is -2.29. The average molecular weight is 393 g/mol. The zero-order valence-corrected chi connectivity index (χ0v) is 17.0. The lowest BCUT2D eigenvalue weighted by molar-refractivity contribution is -0.646. The normalized spacial score (nSPS) is 22.3. The van der Waals surface area contributed by atoms with Crippen LogP contribution in [0.2, 0.25) is 0 Å². The van der Waals surface area contributed by atoms with Gasteiger partial charge in [0.1, 0.15) is 18.4 Å². The second-order valence-electron chi connectivity index (χ2n) is 8.30. The molecule has 2 aliphatic carbocycles. The SMILES string of the molecule is CC(=O)NCC#Cc1ccc2c(c1)c1cccc3c1c([n+]2C)C1=CC=CC2CC12O3. The van der Waals surface area contributed by atoms with Crippen LogP contribution in [0, 0.1) is 17.8 Å². The summed E-state index contributed by atoms with van der Waals surface area (Å²) in [5.74, 6) is 7.56. The number of pyridine rings is 1. The average Bonchev–Trinajstić information content (AvgIpc) is 3.46. The van der Waals surface area contributed by atoms with Gasteiger partial charge < -0.3 is 10.1 Å². The number of nitrogens with zero attached hydrogens (tertiary/aromatic N) is 1. The van der Waals surface area contributed by atoms with Crippen molar-refractivity contribution in [3.8, 4) is 17.6 Å². The summed E-state index contributed by atoms with van der Waals surface area (Å²) in [5.41, 5.74) is 4.48. The van der Waals surface area contributed by atoms with E-state index < -0.39 is 0 Å². The molecule has 1 aromatic heterocycles. The molecule has 1 saturated carbocycles. The van der Waals surface area contributed by atoms with Crippen LogP contribution in [-0.4, -0.2) is 18.1 Å². The molecule has 0 radical (unpaired) electrons. The van der Waals surface area contributed by atoms with Crippen molar-refractivity contribution >= 4 is 33.2 Å². The molecule has 1 amide bonds. The molecule has 2 aromatic carbocycles. The summed E-state index contributed by atoms with van der Waals surface area (Å²) in [6, 6.07) is 12.7. The monoisotopic (exact) mass is 393 g/mol. The number of hydrogen-bond acceptors (Lipinski definition) is 2. The summed E-state index contributed by atoms with van der Waals surface area (Å²) in [7, 11) is 2.14. The van der Waals surface area contributed by atoms with E-state index in [0.29, 0.717) is 12.5 Å². The maximum atomic E-state index is 11.0. The molecule has 1 N–H and O–H groups in total. The van der Waals surface area contributed by atoms with Crippen molar-refractivity contribution in [2.24, 2.45) is 13.0 Å². The topological polar surface area (TPSA) is 42.2 Å². The molecule has 1 aliphatic heterocycles. The molecule has 3 aromatic rings. The van der Waals surface area contributed by atoms with E-state index in [0.717, 1.165) is 23.1 Å². The predicted octanol–water partition coefficient (Wildman–Crippen LogP) is 3.41. The standard InChI is InChI=1S/C26H20N2O2/c1-16(29)27-13-5-6-17-11-12-22-20(14-17)19-8-4-10-23-24(19)25(28(22)2)21-9-3-7-18-15-26(18,21)30-23/h3-4,7-12,14,18H,13,15H2,1-2H3/p+1. The molecule has 30 heavy (non-hydrogen) atoms. The number of fused-ring (bicyclic) bond motifs is 3. The molecule has 6 rings (SSSR count). The second-order valence-corrected chi connectivity index (χ2v) is 8.30. The van der Waals surface area contributed by atoms with Crippen molar-refractivity contribution in [1.29, 1.82) is 0 Å². The fourth-order valence-corrected chi connectivity index (χ4v) is 5.00. The number of aromatic nitrogens is 1. The molecule has 2 heterocycles. The van der Waals surface area contributed by atoms with Gasteiger partial charge in [0.15, 0.2) is 0 Å². The summed E-state index contributed by atoms with van der Waals surface area (Å²) < 4.78 is 8.91. The van der Waals surface area contributed by atoms with Gasteiger partial charge in [-0.3, -0.25) is 4.79 Å². The lowest BCUT2D eigenvalue weighted by Crippen LogP contribution is -2.41. The first-order chi connectivity index (χ1) is 14.6. The van der Waals surface area contributed by atoms with Gasteiger partial charge in [0.2, 0.25) is 17.1 Å². The summed E-state index contributed by atoms with van der Waals surface area (Å²) in [6.07, 6.45) is 7.71. The smallest absolute Gasteiger partial charge is 0.224 e. The van der Waals surface area contributed by atoms with Crippen molar-refractivity contribution in [2.75, 3.05) is 6.54 Å². The molecule has 2 atom stereocenters. The van der Waals surface area contributed by atoms with E-state index in [-0.39, 0.29) is 11.5 Å². The Kier molecular flexibility index (Phi) is 3.44. The fourth-order valence-electron chi connectivity index (χ4n) is 5.00. The van der Waals surface area contributed by atoms with Crippen LogP contribution in [0.4, 0.5) is 0 Å². The zero-order valence-electron chi connectivity index (χ0n) is 17.0. The Bertz CT molecular complexity index is 1400.